The highest BCUT2D eigenvalue weighted by Crippen LogP contribution is 1.78. The third kappa shape index (κ3) is 15.8. The lowest BCUT2D eigenvalue weighted by Gasteiger charge is -1.86. The summed E-state index contributed by atoms with van der Waals surface area (Å²) >= 11 is 0. The van der Waals surface area contributed by atoms with Crippen LogP contribution < -0.4 is 0 Å². The van der Waals surface area contributed by atoms with Crippen LogP contribution in [0.1, 0.15) is 6.92 Å². The highest BCUT2D eigenvalue weighted by Gasteiger charge is 1.86. The van der Waals surface area contributed by atoms with Gasteiger partial charge in [-0.3, -0.25) is 0 Å². The molecule has 0 atom stereocenters. The van der Waals surface area contributed by atoms with Crippen molar-refractivity contribution in [2.45, 2.75) is 6.92 Å². The SMILES string of the molecule is C=CC=C.C=COC(=O)/C=C/C. The summed E-state index contributed by atoms with van der Waals surface area (Å²) in [7, 11) is 0. The van der Waals surface area contributed by atoms with Crippen molar-refractivity contribution in [1.82, 2.24) is 0 Å². The number of allylic oxidation sites excluding steroid dienone is 3. The molecule has 0 unspecified atom stereocenters. The summed E-state index contributed by atoms with van der Waals surface area (Å²) in [5.41, 5.74) is 0. The number of hydrogen-bond donors (Lipinski definition) is 0. The van der Waals surface area contributed by atoms with Gasteiger partial charge in [0, 0.05) is 6.08 Å². The second-order valence-electron chi connectivity index (χ2n) is 1.57. The number of esters is 1. The molecule has 0 aromatic heterocycles. The normalized spacial score (nSPS) is 7.75. The van der Waals surface area contributed by atoms with Crippen LogP contribution in [-0.4, -0.2) is 5.97 Å². The van der Waals surface area contributed by atoms with Crippen molar-refractivity contribution in [3.63, 3.8) is 0 Å². The number of carbonyl (C=O) groups excluding carboxylic acids is 1. The molecule has 0 N–H and O–H groups in total. The van der Waals surface area contributed by atoms with E-state index in [1.54, 1.807) is 25.2 Å². The lowest BCUT2D eigenvalue weighted by Crippen LogP contribution is -1.91. The summed E-state index contributed by atoms with van der Waals surface area (Å²) in [5.74, 6) is -0.387. The number of carbonyl (C=O) groups is 1. The van der Waals surface area contributed by atoms with E-state index in [-0.39, 0.29) is 5.97 Å². The van der Waals surface area contributed by atoms with Crippen LogP contribution in [0, 0.1) is 0 Å². The molecular weight excluding hydrogens is 152 g/mol. The molecule has 0 fully saturated rings. The molecule has 0 bridgehead atoms. The van der Waals surface area contributed by atoms with Gasteiger partial charge in [-0.05, 0) is 6.92 Å². The van der Waals surface area contributed by atoms with Crippen LogP contribution in [0.25, 0.3) is 0 Å². The Morgan fingerprint density at radius 2 is 1.75 bits per heavy atom. The van der Waals surface area contributed by atoms with Gasteiger partial charge in [-0.1, -0.05) is 38.0 Å². The first-order valence-corrected chi connectivity index (χ1v) is 3.40. The summed E-state index contributed by atoms with van der Waals surface area (Å²) < 4.78 is 4.32. The van der Waals surface area contributed by atoms with E-state index in [9.17, 15) is 4.79 Å². The number of hydrogen-bond acceptors (Lipinski definition) is 2. The van der Waals surface area contributed by atoms with Crippen LogP contribution in [0.5, 0.6) is 0 Å². The van der Waals surface area contributed by atoms with Crippen molar-refractivity contribution in [2.75, 3.05) is 0 Å². The molecule has 0 aliphatic carbocycles. The van der Waals surface area contributed by atoms with Crippen molar-refractivity contribution in [2.24, 2.45) is 0 Å². The molecule has 0 aliphatic heterocycles. The van der Waals surface area contributed by atoms with Crippen LogP contribution in [0.4, 0.5) is 0 Å². The molecule has 66 valence electrons. The van der Waals surface area contributed by atoms with Gasteiger partial charge in [0.25, 0.3) is 0 Å². The average Bonchev–Trinajstić information content (AvgIpc) is 2.06. The van der Waals surface area contributed by atoms with E-state index < -0.39 is 0 Å². The van der Waals surface area contributed by atoms with E-state index in [0.29, 0.717) is 0 Å². The Morgan fingerprint density at radius 3 is 2.00 bits per heavy atom. The van der Waals surface area contributed by atoms with Crippen molar-refractivity contribution < 1.29 is 9.53 Å². The third-order valence-corrected chi connectivity index (χ3v) is 0.669. The summed E-state index contributed by atoms with van der Waals surface area (Å²) in [6.07, 6.45) is 7.30. The summed E-state index contributed by atoms with van der Waals surface area (Å²) in [4.78, 5) is 10.3. The molecule has 0 rings (SSSR count). The smallest absolute Gasteiger partial charge is 0.335 e. The molecule has 0 aromatic rings. The maximum Gasteiger partial charge on any atom is 0.335 e. The summed E-state index contributed by atoms with van der Waals surface area (Å²) in [6.45, 7) is 11.7. The van der Waals surface area contributed by atoms with Gasteiger partial charge >= 0.3 is 5.97 Å². The predicted molar refractivity (Wildman–Crippen MR) is 51.5 cm³/mol. The van der Waals surface area contributed by atoms with E-state index in [0.717, 1.165) is 6.26 Å². The quantitative estimate of drug-likeness (QED) is 0.279. The van der Waals surface area contributed by atoms with Gasteiger partial charge in [-0.25, -0.2) is 4.79 Å². The molecule has 2 nitrogen and oxygen atoms in total. The Balaban J connectivity index is 0. The van der Waals surface area contributed by atoms with Crippen molar-refractivity contribution >= 4 is 5.97 Å². The topological polar surface area (TPSA) is 26.3 Å². The third-order valence-electron chi connectivity index (χ3n) is 0.669. The number of ether oxygens (including phenoxy) is 1. The second kappa shape index (κ2) is 12.1. The van der Waals surface area contributed by atoms with E-state index in [4.69, 9.17) is 0 Å². The first-order valence-electron chi connectivity index (χ1n) is 3.40. The number of rotatable bonds is 3. The Bertz CT molecular complexity index is 172. The zero-order valence-electron chi connectivity index (χ0n) is 7.32. The molecule has 0 saturated carbocycles. The molecule has 0 spiro atoms. The average molecular weight is 166 g/mol. The van der Waals surface area contributed by atoms with Crippen LogP contribution in [0.15, 0.2) is 50.3 Å². The maximum absolute atomic E-state index is 10.3. The van der Waals surface area contributed by atoms with E-state index >= 15 is 0 Å². The van der Waals surface area contributed by atoms with Crippen LogP contribution in [0.3, 0.4) is 0 Å². The van der Waals surface area contributed by atoms with Crippen molar-refractivity contribution in [1.29, 1.82) is 0 Å². The largest absolute Gasteiger partial charge is 0.432 e. The zero-order chi connectivity index (χ0) is 9.82. The Labute approximate surface area is 73.5 Å². The minimum atomic E-state index is -0.387. The molecule has 2 heteroatoms. The predicted octanol–water partition coefficient (Wildman–Crippen LogP) is 2.61. The van der Waals surface area contributed by atoms with Gasteiger partial charge in [-0.15, -0.1) is 0 Å². The highest BCUT2D eigenvalue weighted by atomic mass is 16.5. The van der Waals surface area contributed by atoms with E-state index in [1.807, 2.05) is 0 Å². The summed E-state index contributed by atoms with van der Waals surface area (Å²) in [6, 6.07) is 0. The van der Waals surface area contributed by atoms with Crippen molar-refractivity contribution in [3.05, 3.63) is 50.3 Å². The molecule has 0 aliphatic rings. The fraction of sp³-hybridized carbons (Fsp3) is 0.100. The standard InChI is InChI=1S/C6H8O2.C4H6/c1-3-5-6(7)8-4-2;1-3-4-2/h3-5H,2H2,1H3;3-4H,1-2H2/b5-3+;. The molecule has 0 heterocycles. The lowest BCUT2D eigenvalue weighted by molar-refractivity contribution is -0.132. The van der Waals surface area contributed by atoms with Gasteiger partial charge < -0.3 is 4.74 Å². The van der Waals surface area contributed by atoms with Crippen LogP contribution in [-0.2, 0) is 9.53 Å². The molecule has 0 aromatic carbocycles. The van der Waals surface area contributed by atoms with E-state index in [1.165, 1.54) is 6.08 Å². The maximum atomic E-state index is 10.3. The second-order valence-corrected chi connectivity index (χ2v) is 1.57. The zero-order valence-corrected chi connectivity index (χ0v) is 7.32. The first kappa shape index (κ1) is 13.1. The van der Waals surface area contributed by atoms with Gasteiger partial charge in [0.1, 0.15) is 0 Å². The Hall–Kier alpha value is -1.57. The molecule has 0 saturated heterocycles. The Morgan fingerprint density at radius 1 is 1.25 bits per heavy atom. The Kier molecular flexibility index (Phi) is 13.2. The minimum Gasteiger partial charge on any atom is -0.432 e. The summed E-state index contributed by atoms with van der Waals surface area (Å²) in [5, 5.41) is 0. The molecule has 0 radical (unpaired) electrons. The van der Waals surface area contributed by atoms with Crippen LogP contribution >= 0.6 is 0 Å². The van der Waals surface area contributed by atoms with Gasteiger partial charge in [0.2, 0.25) is 0 Å². The molecular formula is C10H14O2. The first-order chi connectivity index (χ1) is 5.72. The fourth-order valence-electron chi connectivity index (χ4n) is 0.257. The fourth-order valence-corrected chi connectivity index (χ4v) is 0.257. The van der Waals surface area contributed by atoms with Gasteiger partial charge in [0.15, 0.2) is 0 Å². The van der Waals surface area contributed by atoms with Gasteiger partial charge in [-0.2, -0.15) is 0 Å². The molecule has 12 heavy (non-hydrogen) atoms. The van der Waals surface area contributed by atoms with Crippen LogP contribution in [0.2, 0.25) is 0 Å². The van der Waals surface area contributed by atoms with Crippen molar-refractivity contribution in [3.8, 4) is 0 Å². The van der Waals surface area contributed by atoms with Gasteiger partial charge in [0.05, 0.1) is 6.26 Å². The highest BCUT2D eigenvalue weighted by molar-refractivity contribution is 5.82. The monoisotopic (exact) mass is 166 g/mol. The lowest BCUT2D eigenvalue weighted by atomic mass is 10.5. The molecule has 0 amide bonds. The minimum absolute atomic E-state index is 0.387. The van der Waals surface area contributed by atoms with E-state index in [2.05, 4.69) is 24.5 Å².